The first kappa shape index (κ1) is 24.0. The summed E-state index contributed by atoms with van der Waals surface area (Å²) in [4.78, 5) is 39.7. The monoisotopic (exact) mass is 498 g/mol. The molecule has 1 saturated heterocycles. The average Bonchev–Trinajstić information content (AvgIpc) is 2.85. The molecule has 4 amide bonds. The molecular formula is C31H34N2O4. The van der Waals surface area contributed by atoms with Crippen LogP contribution in [0.2, 0.25) is 0 Å². The maximum absolute atomic E-state index is 13.4. The van der Waals surface area contributed by atoms with Gasteiger partial charge in [-0.15, -0.1) is 0 Å². The predicted molar refractivity (Wildman–Crippen MR) is 142 cm³/mol. The van der Waals surface area contributed by atoms with Gasteiger partial charge in [-0.3, -0.25) is 14.9 Å². The van der Waals surface area contributed by atoms with Crippen LogP contribution in [0.4, 0.5) is 10.5 Å². The first-order chi connectivity index (χ1) is 17.8. The molecule has 0 aromatic heterocycles. The number of urea groups is 1. The Hall–Kier alpha value is -3.41. The molecule has 0 spiro atoms. The van der Waals surface area contributed by atoms with Gasteiger partial charge in [-0.2, -0.15) is 0 Å². The summed E-state index contributed by atoms with van der Waals surface area (Å²) in [5.41, 5.74) is 2.66. The van der Waals surface area contributed by atoms with Crippen molar-refractivity contribution in [2.75, 3.05) is 11.5 Å². The Balaban J connectivity index is 1.22. The van der Waals surface area contributed by atoms with E-state index >= 15 is 0 Å². The molecule has 37 heavy (non-hydrogen) atoms. The highest BCUT2D eigenvalue weighted by Gasteiger charge is 2.51. The lowest BCUT2D eigenvalue weighted by molar-refractivity contribution is -0.122. The number of hydrogen-bond acceptors (Lipinski definition) is 4. The zero-order valence-electron chi connectivity index (χ0n) is 21.5. The number of rotatable bonds is 6. The number of carbonyl (C=O) groups excluding carboxylic acids is 3. The van der Waals surface area contributed by atoms with Gasteiger partial charge in [0, 0.05) is 0 Å². The summed E-state index contributed by atoms with van der Waals surface area (Å²) in [6, 6.07) is 14.4. The Labute approximate surface area is 218 Å². The van der Waals surface area contributed by atoms with Gasteiger partial charge in [0.1, 0.15) is 11.3 Å². The number of imide groups is 2. The third kappa shape index (κ3) is 4.47. The Bertz CT molecular complexity index is 1220. The number of carbonyl (C=O) groups is 3. The van der Waals surface area contributed by atoms with Crippen LogP contribution in [-0.4, -0.2) is 24.5 Å². The van der Waals surface area contributed by atoms with Gasteiger partial charge in [0.15, 0.2) is 0 Å². The zero-order valence-corrected chi connectivity index (χ0v) is 21.5. The zero-order chi connectivity index (χ0) is 25.7. The van der Waals surface area contributed by atoms with E-state index in [9.17, 15) is 14.4 Å². The van der Waals surface area contributed by atoms with Crippen molar-refractivity contribution in [3.05, 3.63) is 65.2 Å². The van der Waals surface area contributed by atoms with E-state index in [0.717, 1.165) is 28.4 Å². The number of nitrogens with zero attached hydrogens (tertiary/aromatic N) is 1. The normalized spacial score (nSPS) is 29.8. The van der Waals surface area contributed by atoms with Crippen molar-refractivity contribution >= 4 is 29.6 Å². The maximum atomic E-state index is 13.4. The van der Waals surface area contributed by atoms with Gasteiger partial charge in [-0.05, 0) is 109 Å². The molecule has 2 aromatic carbocycles. The summed E-state index contributed by atoms with van der Waals surface area (Å²) in [5, 5.41) is 2.33. The van der Waals surface area contributed by atoms with Crippen molar-refractivity contribution in [3.63, 3.8) is 0 Å². The molecule has 7 rings (SSSR count). The summed E-state index contributed by atoms with van der Waals surface area (Å²) < 4.78 is 5.71. The van der Waals surface area contributed by atoms with E-state index in [4.69, 9.17) is 4.74 Å². The molecule has 5 fully saturated rings. The Morgan fingerprint density at radius 2 is 1.51 bits per heavy atom. The molecule has 5 aliphatic rings. The first-order valence-electron chi connectivity index (χ1n) is 13.5. The van der Waals surface area contributed by atoms with E-state index in [-0.39, 0.29) is 11.0 Å². The fourth-order valence-corrected chi connectivity index (χ4v) is 7.41. The molecule has 1 heterocycles. The van der Waals surface area contributed by atoms with Gasteiger partial charge in [0.25, 0.3) is 11.8 Å². The van der Waals surface area contributed by atoms with Gasteiger partial charge in [0.05, 0.1) is 12.3 Å². The third-order valence-electron chi connectivity index (χ3n) is 8.65. The molecular weight excluding hydrogens is 464 g/mol. The van der Waals surface area contributed by atoms with Gasteiger partial charge < -0.3 is 4.74 Å². The summed E-state index contributed by atoms with van der Waals surface area (Å²) in [7, 11) is 0. The standard InChI is InChI=1S/C31H34N2O4/c1-19(2)18-37-26-9-3-20(4-10-26)14-27-28(34)32-30(36)33(29(27)35)25-7-5-24(6-8-25)31-15-21-11-22(16-31)13-23(12-21)17-31/h3-10,14,19,21-23H,11-13,15-18H2,1-2H3,(H,32,34,36)/b27-14+. The van der Waals surface area contributed by atoms with E-state index in [0.29, 0.717) is 23.8 Å². The van der Waals surface area contributed by atoms with Crippen molar-refractivity contribution < 1.29 is 19.1 Å². The van der Waals surface area contributed by atoms with Crippen LogP contribution >= 0.6 is 0 Å². The number of nitrogens with one attached hydrogen (secondary N) is 1. The number of hydrogen-bond donors (Lipinski definition) is 1. The number of benzene rings is 2. The highest BCUT2D eigenvalue weighted by molar-refractivity contribution is 6.39. The third-order valence-corrected chi connectivity index (χ3v) is 8.65. The van der Waals surface area contributed by atoms with Crippen molar-refractivity contribution in [2.45, 2.75) is 57.8 Å². The smallest absolute Gasteiger partial charge is 0.335 e. The van der Waals surface area contributed by atoms with Gasteiger partial charge in [0.2, 0.25) is 0 Å². The molecule has 0 unspecified atom stereocenters. The summed E-state index contributed by atoms with van der Waals surface area (Å²) in [5.74, 6) is 2.37. The maximum Gasteiger partial charge on any atom is 0.335 e. The number of amides is 4. The quantitative estimate of drug-likeness (QED) is 0.400. The number of ether oxygens (including phenoxy) is 1. The topological polar surface area (TPSA) is 75.7 Å². The van der Waals surface area contributed by atoms with Crippen LogP contribution in [0, 0.1) is 23.7 Å². The number of barbiturate groups is 1. The molecule has 4 aliphatic carbocycles. The molecule has 6 nitrogen and oxygen atoms in total. The van der Waals surface area contributed by atoms with Gasteiger partial charge in [-0.1, -0.05) is 38.1 Å². The minimum absolute atomic E-state index is 0.0689. The lowest BCUT2D eigenvalue weighted by Crippen LogP contribution is -2.54. The summed E-state index contributed by atoms with van der Waals surface area (Å²) in [6.45, 7) is 4.77. The highest BCUT2D eigenvalue weighted by Crippen LogP contribution is 2.60. The van der Waals surface area contributed by atoms with Crippen LogP contribution in [0.25, 0.3) is 6.08 Å². The van der Waals surface area contributed by atoms with Crippen molar-refractivity contribution in [1.29, 1.82) is 0 Å². The molecule has 6 heteroatoms. The van der Waals surface area contributed by atoms with E-state index < -0.39 is 17.8 Å². The van der Waals surface area contributed by atoms with Crippen molar-refractivity contribution in [1.82, 2.24) is 5.32 Å². The second kappa shape index (κ2) is 9.16. The molecule has 0 atom stereocenters. The summed E-state index contributed by atoms with van der Waals surface area (Å²) in [6.07, 6.45) is 9.44. The molecule has 192 valence electrons. The van der Waals surface area contributed by atoms with Gasteiger partial charge in [-0.25, -0.2) is 9.69 Å². The van der Waals surface area contributed by atoms with E-state index in [1.54, 1.807) is 12.1 Å². The molecule has 1 N–H and O–H groups in total. The molecule has 2 aromatic rings. The molecule has 4 saturated carbocycles. The van der Waals surface area contributed by atoms with Crippen molar-refractivity contribution in [3.8, 4) is 5.75 Å². The Morgan fingerprint density at radius 1 is 0.919 bits per heavy atom. The lowest BCUT2D eigenvalue weighted by Gasteiger charge is -2.57. The largest absolute Gasteiger partial charge is 0.493 e. The number of anilines is 1. The van der Waals surface area contributed by atoms with E-state index in [1.807, 2.05) is 24.3 Å². The highest BCUT2D eigenvalue weighted by atomic mass is 16.5. The molecule has 0 radical (unpaired) electrons. The minimum atomic E-state index is -0.716. The van der Waals surface area contributed by atoms with Crippen LogP contribution in [0.3, 0.4) is 0 Å². The van der Waals surface area contributed by atoms with Crippen LogP contribution in [-0.2, 0) is 15.0 Å². The van der Waals surface area contributed by atoms with Crippen LogP contribution in [0.15, 0.2) is 54.1 Å². The second-order valence-corrected chi connectivity index (χ2v) is 12.0. The van der Waals surface area contributed by atoms with Crippen molar-refractivity contribution in [2.24, 2.45) is 23.7 Å². The van der Waals surface area contributed by atoms with E-state index in [1.165, 1.54) is 50.2 Å². The summed E-state index contributed by atoms with van der Waals surface area (Å²) >= 11 is 0. The van der Waals surface area contributed by atoms with E-state index in [2.05, 4.69) is 31.3 Å². The predicted octanol–water partition coefficient (Wildman–Crippen LogP) is 5.86. The van der Waals surface area contributed by atoms with Gasteiger partial charge >= 0.3 is 6.03 Å². The lowest BCUT2D eigenvalue weighted by atomic mass is 9.48. The SMILES string of the molecule is CC(C)COc1ccc(/C=C2\C(=O)NC(=O)N(c3ccc(C45CC6CC(CC(C6)C4)C5)cc3)C2=O)cc1. The second-order valence-electron chi connectivity index (χ2n) is 12.0. The molecule has 1 aliphatic heterocycles. The minimum Gasteiger partial charge on any atom is -0.493 e. The Morgan fingerprint density at radius 3 is 2.08 bits per heavy atom. The Kier molecular flexibility index (Phi) is 5.93. The van der Waals surface area contributed by atoms with Crippen LogP contribution < -0.4 is 15.0 Å². The fraction of sp³-hybridized carbons (Fsp3) is 0.452. The van der Waals surface area contributed by atoms with Crippen LogP contribution in [0.1, 0.15) is 63.5 Å². The fourth-order valence-electron chi connectivity index (χ4n) is 7.41. The first-order valence-corrected chi connectivity index (χ1v) is 13.5. The molecule has 4 bridgehead atoms. The van der Waals surface area contributed by atoms with Crippen LogP contribution in [0.5, 0.6) is 5.75 Å². The average molecular weight is 499 g/mol.